The molecule has 0 aromatic heterocycles. The molecule has 1 N–H and O–H groups in total. The van der Waals surface area contributed by atoms with Crippen LogP contribution in [0.4, 0.5) is 0 Å². The molecule has 0 amide bonds. The van der Waals surface area contributed by atoms with E-state index in [2.05, 4.69) is 0 Å². The summed E-state index contributed by atoms with van der Waals surface area (Å²) in [6, 6.07) is 0. The standard InChI is InChI=1S/C20H32O3/c21-19(22)15-9-10-16(13-20-11-5-4-8-18(20)23-20)17(12-15)14-6-2-1-3-7-14/h14-18H,1-13H2,(H,21,22). The van der Waals surface area contributed by atoms with Gasteiger partial charge in [0.1, 0.15) is 0 Å². The van der Waals surface area contributed by atoms with Gasteiger partial charge >= 0.3 is 5.97 Å². The maximum Gasteiger partial charge on any atom is 0.306 e. The average molecular weight is 320 g/mol. The zero-order valence-electron chi connectivity index (χ0n) is 14.3. The Morgan fingerprint density at radius 3 is 2.52 bits per heavy atom. The highest BCUT2D eigenvalue weighted by molar-refractivity contribution is 5.70. The summed E-state index contributed by atoms with van der Waals surface area (Å²) in [6.07, 6.45) is 16.7. The molecule has 130 valence electrons. The number of ether oxygens (including phenoxy) is 1. The van der Waals surface area contributed by atoms with E-state index < -0.39 is 5.97 Å². The maximum atomic E-state index is 11.5. The third-order valence-corrected chi connectivity index (χ3v) is 7.48. The van der Waals surface area contributed by atoms with E-state index in [4.69, 9.17) is 4.74 Å². The number of carboxylic acid groups (broad SMARTS) is 1. The lowest BCUT2D eigenvalue weighted by Crippen LogP contribution is -2.37. The predicted octanol–water partition coefficient (Wildman–Crippen LogP) is 4.79. The predicted molar refractivity (Wildman–Crippen MR) is 89.2 cm³/mol. The molecule has 4 aliphatic rings. The molecule has 4 fully saturated rings. The number of aliphatic carboxylic acids is 1. The van der Waals surface area contributed by atoms with E-state index in [9.17, 15) is 9.90 Å². The van der Waals surface area contributed by atoms with Gasteiger partial charge < -0.3 is 9.84 Å². The fourth-order valence-corrected chi connectivity index (χ4v) is 6.16. The molecule has 3 aliphatic carbocycles. The number of rotatable bonds is 4. The molecule has 0 radical (unpaired) electrons. The second-order valence-electron chi connectivity index (χ2n) is 8.79. The summed E-state index contributed by atoms with van der Waals surface area (Å²) in [6.45, 7) is 0. The Morgan fingerprint density at radius 1 is 1.00 bits per heavy atom. The van der Waals surface area contributed by atoms with Crippen LogP contribution in [-0.4, -0.2) is 22.8 Å². The van der Waals surface area contributed by atoms with Crippen molar-refractivity contribution in [3.8, 4) is 0 Å². The summed E-state index contributed by atoms with van der Waals surface area (Å²) in [7, 11) is 0. The Balaban J connectivity index is 1.46. The van der Waals surface area contributed by atoms with Gasteiger partial charge in [0.25, 0.3) is 0 Å². The lowest BCUT2D eigenvalue weighted by molar-refractivity contribution is -0.144. The summed E-state index contributed by atoms with van der Waals surface area (Å²) in [5.41, 5.74) is 0.214. The van der Waals surface area contributed by atoms with Gasteiger partial charge in [-0.15, -0.1) is 0 Å². The molecule has 3 saturated carbocycles. The minimum absolute atomic E-state index is 0.0852. The Hall–Kier alpha value is -0.570. The second-order valence-corrected chi connectivity index (χ2v) is 8.79. The number of epoxide rings is 1. The van der Waals surface area contributed by atoms with Crippen molar-refractivity contribution < 1.29 is 14.6 Å². The highest BCUT2D eigenvalue weighted by Gasteiger charge is 2.58. The molecule has 1 aliphatic heterocycles. The van der Waals surface area contributed by atoms with Crippen LogP contribution in [0.3, 0.4) is 0 Å². The first-order valence-electron chi connectivity index (χ1n) is 10.1. The topological polar surface area (TPSA) is 49.8 Å². The summed E-state index contributed by atoms with van der Waals surface area (Å²) in [5.74, 6) is 1.51. The van der Waals surface area contributed by atoms with Crippen LogP contribution in [0.25, 0.3) is 0 Å². The third kappa shape index (κ3) is 3.18. The van der Waals surface area contributed by atoms with Crippen LogP contribution in [-0.2, 0) is 9.53 Å². The minimum atomic E-state index is -0.555. The first-order valence-corrected chi connectivity index (χ1v) is 10.1. The zero-order valence-corrected chi connectivity index (χ0v) is 14.3. The lowest BCUT2D eigenvalue weighted by atomic mass is 9.62. The van der Waals surface area contributed by atoms with E-state index in [0.29, 0.717) is 12.0 Å². The van der Waals surface area contributed by atoms with Crippen molar-refractivity contribution in [2.45, 2.75) is 95.2 Å². The number of carboxylic acids is 1. The molecule has 3 heteroatoms. The second kappa shape index (κ2) is 6.38. The summed E-state index contributed by atoms with van der Waals surface area (Å²) in [5, 5.41) is 9.50. The highest BCUT2D eigenvalue weighted by Crippen LogP contribution is 2.55. The SMILES string of the molecule is O=C(O)C1CCC(CC23CCCCC2O3)C(C2CCCCC2)C1. The van der Waals surface area contributed by atoms with Crippen molar-refractivity contribution in [1.29, 1.82) is 0 Å². The average Bonchev–Trinajstić information content (AvgIpc) is 3.30. The van der Waals surface area contributed by atoms with Crippen LogP contribution < -0.4 is 0 Å². The third-order valence-electron chi connectivity index (χ3n) is 7.48. The molecule has 0 aromatic carbocycles. The molecule has 3 nitrogen and oxygen atoms in total. The van der Waals surface area contributed by atoms with Gasteiger partial charge in [-0.1, -0.05) is 44.9 Å². The minimum Gasteiger partial charge on any atom is -0.481 e. The van der Waals surface area contributed by atoms with Crippen molar-refractivity contribution in [1.82, 2.24) is 0 Å². The van der Waals surface area contributed by atoms with Crippen molar-refractivity contribution in [2.24, 2.45) is 23.7 Å². The number of hydrogen-bond acceptors (Lipinski definition) is 2. The van der Waals surface area contributed by atoms with Gasteiger partial charge in [-0.3, -0.25) is 4.79 Å². The highest BCUT2D eigenvalue weighted by atomic mass is 16.6. The molecular weight excluding hydrogens is 288 g/mol. The number of fused-ring (bicyclic) bond motifs is 1. The number of hydrogen-bond donors (Lipinski definition) is 1. The summed E-state index contributed by atoms with van der Waals surface area (Å²) >= 11 is 0. The molecule has 0 spiro atoms. The Morgan fingerprint density at radius 2 is 1.78 bits per heavy atom. The van der Waals surface area contributed by atoms with Gasteiger partial charge in [-0.25, -0.2) is 0 Å². The van der Waals surface area contributed by atoms with E-state index in [1.54, 1.807) is 0 Å². The molecule has 5 unspecified atom stereocenters. The molecular formula is C20H32O3. The molecule has 4 rings (SSSR count). The van der Waals surface area contributed by atoms with Crippen molar-refractivity contribution in [2.75, 3.05) is 0 Å². The van der Waals surface area contributed by atoms with Gasteiger partial charge in [-0.05, 0) is 56.3 Å². The van der Waals surface area contributed by atoms with Crippen LogP contribution in [0.15, 0.2) is 0 Å². The van der Waals surface area contributed by atoms with E-state index in [1.165, 1.54) is 64.2 Å². The molecule has 1 saturated heterocycles. The molecule has 0 aromatic rings. The van der Waals surface area contributed by atoms with Crippen LogP contribution >= 0.6 is 0 Å². The molecule has 1 heterocycles. The Kier molecular flexibility index (Phi) is 4.42. The fourth-order valence-electron chi connectivity index (χ4n) is 6.16. The largest absolute Gasteiger partial charge is 0.481 e. The summed E-state index contributed by atoms with van der Waals surface area (Å²) in [4.78, 5) is 11.5. The first kappa shape index (κ1) is 15.9. The van der Waals surface area contributed by atoms with E-state index in [-0.39, 0.29) is 11.5 Å². The quantitative estimate of drug-likeness (QED) is 0.758. The van der Waals surface area contributed by atoms with Crippen LogP contribution in [0.1, 0.15) is 83.5 Å². The molecule has 5 atom stereocenters. The van der Waals surface area contributed by atoms with E-state index in [1.807, 2.05) is 0 Å². The zero-order chi connectivity index (χ0) is 15.9. The van der Waals surface area contributed by atoms with Crippen LogP contribution in [0, 0.1) is 23.7 Å². The monoisotopic (exact) mass is 320 g/mol. The van der Waals surface area contributed by atoms with Gasteiger partial charge in [0.05, 0.1) is 17.6 Å². The lowest BCUT2D eigenvalue weighted by Gasteiger charge is -2.42. The molecule has 23 heavy (non-hydrogen) atoms. The van der Waals surface area contributed by atoms with Crippen molar-refractivity contribution in [3.05, 3.63) is 0 Å². The van der Waals surface area contributed by atoms with Crippen LogP contribution in [0.5, 0.6) is 0 Å². The first-order chi connectivity index (χ1) is 11.2. The smallest absolute Gasteiger partial charge is 0.306 e. The van der Waals surface area contributed by atoms with Gasteiger partial charge in [0.2, 0.25) is 0 Å². The Bertz CT molecular complexity index is 442. The van der Waals surface area contributed by atoms with E-state index in [0.717, 1.165) is 31.1 Å². The summed E-state index contributed by atoms with van der Waals surface area (Å²) < 4.78 is 6.16. The van der Waals surface area contributed by atoms with Gasteiger partial charge in [-0.2, -0.15) is 0 Å². The van der Waals surface area contributed by atoms with Crippen LogP contribution in [0.2, 0.25) is 0 Å². The molecule has 0 bridgehead atoms. The maximum absolute atomic E-state index is 11.5. The van der Waals surface area contributed by atoms with Gasteiger partial charge in [0.15, 0.2) is 0 Å². The van der Waals surface area contributed by atoms with E-state index >= 15 is 0 Å². The number of carbonyl (C=O) groups is 1. The van der Waals surface area contributed by atoms with Gasteiger partial charge in [0, 0.05) is 0 Å². The Labute approximate surface area is 140 Å². The normalized spacial score (nSPS) is 44.5. The fraction of sp³-hybridized carbons (Fsp3) is 0.950. The van der Waals surface area contributed by atoms with Crippen molar-refractivity contribution >= 4 is 5.97 Å². The van der Waals surface area contributed by atoms with Crippen molar-refractivity contribution in [3.63, 3.8) is 0 Å².